The number of piperidine rings is 1. The number of ketones is 1. The molecule has 1 aromatic carbocycles. The zero-order valence-electron chi connectivity index (χ0n) is 25.6. The minimum absolute atomic E-state index is 0.0380. The quantitative estimate of drug-likeness (QED) is 0.418. The van der Waals surface area contributed by atoms with Crippen molar-refractivity contribution in [3.8, 4) is 5.75 Å². The third-order valence-corrected chi connectivity index (χ3v) is 9.97. The number of rotatable bonds is 7. The molecule has 0 unspecified atom stereocenters. The number of phenolic OH excluding ortho intramolecular Hbond substituents is 1. The Labute approximate surface area is 254 Å². The van der Waals surface area contributed by atoms with Gasteiger partial charge in [0, 0.05) is 51.8 Å². The van der Waals surface area contributed by atoms with Crippen molar-refractivity contribution >= 4 is 11.7 Å². The second-order valence-corrected chi connectivity index (χ2v) is 12.4. The van der Waals surface area contributed by atoms with E-state index in [0.29, 0.717) is 25.9 Å². The fourth-order valence-corrected chi connectivity index (χ4v) is 8.05. The fraction of sp³-hybridized carbons (Fsp3) is 0.613. The molecule has 13 heteroatoms. The summed E-state index contributed by atoms with van der Waals surface area (Å²) in [5.74, 6) is -3.70. The molecule has 0 bridgehead atoms. The van der Waals surface area contributed by atoms with Crippen molar-refractivity contribution in [3.05, 3.63) is 51.0 Å². The Hall–Kier alpha value is -3.13. The highest BCUT2D eigenvalue weighted by atomic mass is 19.4. The number of nitrogens with two attached hydrogens (primary N) is 1. The van der Waals surface area contributed by atoms with Gasteiger partial charge >= 0.3 is 6.18 Å². The van der Waals surface area contributed by atoms with Crippen molar-refractivity contribution in [2.24, 2.45) is 17.6 Å². The highest BCUT2D eigenvalue weighted by Crippen LogP contribution is 2.56. The first-order chi connectivity index (χ1) is 20.7. The van der Waals surface area contributed by atoms with Crippen LogP contribution in [0.2, 0.25) is 0 Å². The van der Waals surface area contributed by atoms with E-state index in [0.717, 1.165) is 6.07 Å². The zero-order valence-corrected chi connectivity index (χ0v) is 25.6. The van der Waals surface area contributed by atoms with Gasteiger partial charge in [0.1, 0.15) is 22.9 Å². The molecule has 1 aliphatic heterocycles. The number of ether oxygens (including phenoxy) is 3. The number of hydrogen-bond donors (Lipinski definition) is 3. The number of carbonyl (C=O) groups is 2. The number of fused-ring (bicyclic) bond motifs is 3. The number of likely N-dealkylation sites (N-methyl/N-ethyl adjacent to an activating group) is 1. The number of aromatic hydroxyl groups is 1. The van der Waals surface area contributed by atoms with Gasteiger partial charge in [0.05, 0.1) is 36.0 Å². The van der Waals surface area contributed by atoms with Crippen LogP contribution in [-0.2, 0) is 38.1 Å². The Morgan fingerprint density at radius 1 is 1.18 bits per heavy atom. The summed E-state index contributed by atoms with van der Waals surface area (Å²) < 4.78 is 61.9. The highest BCUT2D eigenvalue weighted by Gasteiger charge is 2.60. The number of primary amides is 1. The van der Waals surface area contributed by atoms with Gasteiger partial charge in [0.2, 0.25) is 5.91 Å². The average molecular weight is 624 g/mol. The molecular weight excluding hydrogens is 583 g/mol. The number of aliphatic hydroxyl groups is 1. The van der Waals surface area contributed by atoms with Gasteiger partial charge in [0.15, 0.2) is 5.78 Å². The van der Waals surface area contributed by atoms with E-state index in [4.69, 9.17) is 19.9 Å². The zero-order chi connectivity index (χ0) is 32.3. The maximum absolute atomic E-state index is 14.9. The van der Waals surface area contributed by atoms with E-state index < -0.39 is 58.2 Å². The number of alkyl halides is 3. The summed E-state index contributed by atoms with van der Waals surface area (Å²) in [6.45, 7) is 1.04. The molecule has 1 aromatic rings. The molecule has 5 rings (SSSR count). The monoisotopic (exact) mass is 623 g/mol. The molecule has 0 radical (unpaired) electrons. The molecule has 1 fully saturated rings. The van der Waals surface area contributed by atoms with Gasteiger partial charge in [-0.1, -0.05) is 0 Å². The second-order valence-electron chi connectivity index (χ2n) is 12.4. The molecule has 10 nitrogen and oxygen atoms in total. The van der Waals surface area contributed by atoms with Gasteiger partial charge in [-0.25, -0.2) is 0 Å². The van der Waals surface area contributed by atoms with Gasteiger partial charge in [-0.3, -0.25) is 19.4 Å². The van der Waals surface area contributed by atoms with E-state index >= 15 is 0 Å². The minimum Gasteiger partial charge on any atom is -0.510 e. The van der Waals surface area contributed by atoms with Crippen LogP contribution in [0.25, 0.3) is 0 Å². The predicted molar refractivity (Wildman–Crippen MR) is 153 cm³/mol. The highest BCUT2D eigenvalue weighted by molar-refractivity contribution is 6.14. The van der Waals surface area contributed by atoms with E-state index in [1.807, 2.05) is 4.90 Å². The molecule has 3 aliphatic carbocycles. The minimum atomic E-state index is -4.79. The number of amides is 1. The molecule has 4 N–H and O–H groups in total. The predicted octanol–water partition coefficient (Wildman–Crippen LogP) is 3.31. The van der Waals surface area contributed by atoms with E-state index in [1.165, 1.54) is 14.2 Å². The number of nitrogens with zero attached hydrogens (tertiary/aromatic N) is 2. The van der Waals surface area contributed by atoms with Crippen molar-refractivity contribution in [1.29, 1.82) is 0 Å². The summed E-state index contributed by atoms with van der Waals surface area (Å²) in [7, 11) is 7.72. The summed E-state index contributed by atoms with van der Waals surface area (Å²) in [5, 5.41) is 22.3. The summed E-state index contributed by atoms with van der Waals surface area (Å²) in [5.41, 5.74) is 2.59. The van der Waals surface area contributed by atoms with Crippen molar-refractivity contribution in [1.82, 2.24) is 9.80 Å². The van der Waals surface area contributed by atoms with E-state index in [-0.39, 0.29) is 65.7 Å². The number of allylic oxidation sites excluding steroid dienone is 1. The van der Waals surface area contributed by atoms with Crippen molar-refractivity contribution in [2.75, 3.05) is 48.5 Å². The number of hydrogen-bond acceptors (Lipinski definition) is 9. The Morgan fingerprint density at radius 2 is 1.84 bits per heavy atom. The van der Waals surface area contributed by atoms with Crippen LogP contribution >= 0.6 is 0 Å². The number of halogens is 3. The van der Waals surface area contributed by atoms with Gasteiger partial charge in [-0.15, -0.1) is 0 Å². The van der Waals surface area contributed by atoms with Crippen LogP contribution in [0.5, 0.6) is 5.75 Å². The van der Waals surface area contributed by atoms with Crippen LogP contribution in [-0.4, -0.2) is 98.0 Å². The van der Waals surface area contributed by atoms with E-state index in [9.17, 15) is 33.0 Å². The first-order valence-electron chi connectivity index (χ1n) is 14.7. The van der Waals surface area contributed by atoms with E-state index in [1.54, 1.807) is 26.1 Å². The maximum Gasteiger partial charge on any atom is 0.417 e. The lowest BCUT2D eigenvalue weighted by molar-refractivity contribution is -0.139. The number of benzene rings is 1. The molecule has 0 saturated carbocycles. The van der Waals surface area contributed by atoms with Crippen LogP contribution in [0.1, 0.15) is 52.7 Å². The first-order valence-corrected chi connectivity index (χ1v) is 14.7. The number of carbonyl (C=O) groups excluding carboxylic acids is 2. The molecular formula is C31H40F3N3O7. The SMILES string of the molecule is COC1=C2C(=O)c3c(O)cc(CN4CCC(OC)CC4)c(C(F)(F)F)c3C[C@H]2C[C@H]2[C@H](N(C)C)C(O)=C(C(N)=O)C[C@@]12OC. The van der Waals surface area contributed by atoms with Gasteiger partial charge in [-0.2, -0.15) is 13.2 Å². The Bertz CT molecular complexity index is 1410. The van der Waals surface area contributed by atoms with Crippen LogP contribution in [0.15, 0.2) is 28.7 Å². The summed E-state index contributed by atoms with van der Waals surface area (Å²) in [6.07, 6.45) is -3.62. The third kappa shape index (κ3) is 5.07. The summed E-state index contributed by atoms with van der Waals surface area (Å²) >= 11 is 0. The lowest BCUT2D eigenvalue weighted by atomic mass is 9.58. The molecule has 242 valence electrons. The number of likely N-dealkylation sites (tertiary alicyclic amines) is 1. The maximum atomic E-state index is 14.9. The molecule has 0 aromatic heterocycles. The standard InChI is InChI=1S/C31H40F3N3O7/c1-36(2)25-20-11-15-10-18-23(27(40)22(15)28(43-4)30(20,44-5)13-19(26(25)39)29(35)41)21(38)12-16(24(18)31(32,33)34)14-37-8-6-17(42-3)7-9-37/h12,15,17,20,25,38-39H,6-11,13-14H2,1-5H3,(H2,35,41)/t15-,20-,25-,30-/m0/s1. The molecule has 1 amide bonds. The third-order valence-electron chi connectivity index (χ3n) is 9.97. The van der Waals surface area contributed by atoms with Gasteiger partial charge < -0.3 is 30.2 Å². The molecule has 1 heterocycles. The van der Waals surface area contributed by atoms with E-state index in [2.05, 4.69) is 0 Å². The molecule has 4 aliphatic rings. The molecule has 0 spiro atoms. The molecule has 44 heavy (non-hydrogen) atoms. The fourth-order valence-electron chi connectivity index (χ4n) is 8.05. The number of methoxy groups -OCH3 is 3. The van der Waals surface area contributed by atoms with Gasteiger partial charge in [0.25, 0.3) is 0 Å². The average Bonchev–Trinajstić information content (AvgIpc) is 2.95. The number of Topliss-reactive ketones (excluding diaryl/α,β-unsaturated/α-hetero) is 1. The number of phenols is 1. The van der Waals surface area contributed by atoms with Gasteiger partial charge in [-0.05, 0) is 62.9 Å². The largest absolute Gasteiger partial charge is 0.510 e. The smallest absolute Gasteiger partial charge is 0.417 e. The summed E-state index contributed by atoms with van der Waals surface area (Å²) in [4.78, 5) is 30.2. The first kappa shape index (κ1) is 32.3. The lowest BCUT2D eigenvalue weighted by Gasteiger charge is -2.53. The molecule has 1 saturated heterocycles. The van der Waals surface area contributed by atoms with Crippen LogP contribution < -0.4 is 5.73 Å². The lowest BCUT2D eigenvalue weighted by Crippen LogP contribution is -2.60. The van der Waals surface area contributed by atoms with Crippen molar-refractivity contribution in [2.45, 2.75) is 62.6 Å². The topological polar surface area (TPSA) is 135 Å². The second kappa shape index (κ2) is 11.7. The Morgan fingerprint density at radius 3 is 2.36 bits per heavy atom. The molecule has 4 atom stereocenters. The summed E-state index contributed by atoms with van der Waals surface area (Å²) in [6, 6.07) is 0.257. The Balaban J connectivity index is 1.66. The normalized spacial score (nSPS) is 28.2. The van der Waals surface area contributed by atoms with Crippen LogP contribution in [0, 0.1) is 11.8 Å². The van der Waals surface area contributed by atoms with Crippen LogP contribution in [0.4, 0.5) is 13.2 Å². The Kier molecular flexibility index (Phi) is 8.55. The van der Waals surface area contributed by atoms with Crippen molar-refractivity contribution in [3.63, 3.8) is 0 Å². The van der Waals surface area contributed by atoms with Crippen molar-refractivity contribution < 1.29 is 47.2 Å². The number of aliphatic hydroxyl groups excluding tert-OH is 1. The van der Waals surface area contributed by atoms with Crippen LogP contribution in [0.3, 0.4) is 0 Å².